The first-order valence-corrected chi connectivity index (χ1v) is 8.17. The van der Waals surface area contributed by atoms with Crippen LogP contribution >= 0.6 is 11.3 Å². The van der Waals surface area contributed by atoms with Gasteiger partial charge >= 0.3 is 0 Å². The average Bonchev–Trinajstić information content (AvgIpc) is 2.85. The molecule has 1 heterocycles. The highest BCUT2D eigenvalue weighted by atomic mass is 32.2. The zero-order chi connectivity index (χ0) is 14.5. The van der Waals surface area contributed by atoms with Crippen molar-refractivity contribution in [2.24, 2.45) is 5.11 Å². The molecule has 1 unspecified atom stereocenters. The average molecular weight is 309 g/mol. The van der Waals surface area contributed by atoms with Crippen molar-refractivity contribution in [2.75, 3.05) is 26.4 Å². The lowest BCUT2D eigenvalue weighted by molar-refractivity contribution is 0.435. The molecule has 0 aliphatic rings. The molecule has 2 aromatic rings. The summed E-state index contributed by atoms with van der Waals surface area (Å²) in [6, 6.07) is 5.69. The summed E-state index contributed by atoms with van der Waals surface area (Å²) < 4.78 is 13.8. The van der Waals surface area contributed by atoms with Crippen LogP contribution in [0, 0.1) is 0 Å². The summed E-state index contributed by atoms with van der Waals surface area (Å²) in [6.07, 6.45) is 0. The molecular formula is C12H15N5OS2. The van der Waals surface area contributed by atoms with Gasteiger partial charge in [-0.1, -0.05) is 11.2 Å². The lowest BCUT2D eigenvalue weighted by Crippen LogP contribution is -2.18. The van der Waals surface area contributed by atoms with E-state index in [0.717, 1.165) is 22.3 Å². The quantitative estimate of drug-likeness (QED) is 0.467. The van der Waals surface area contributed by atoms with E-state index in [9.17, 15) is 4.21 Å². The van der Waals surface area contributed by atoms with Crippen molar-refractivity contribution in [1.29, 1.82) is 0 Å². The van der Waals surface area contributed by atoms with Gasteiger partial charge < -0.3 is 4.90 Å². The van der Waals surface area contributed by atoms with Crippen molar-refractivity contribution in [3.63, 3.8) is 0 Å². The summed E-state index contributed by atoms with van der Waals surface area (Å²) in [5.74, 6) is 0.582. The number of hydrogen-bond donors (Lipinski definition) is 0. The molecular weight excluding hydrogens is 294 g/mol. The number of thiazole rings is 1. The molecule has 0 saturated carbocycles. The number of rotatable bonds is 6. The Bertz CT molecular complexity index is 676. The molecule has 1 atom stereocenters. The molecule has 0 spiro atoms. The molecule has 1 aromatic carbocycles. The molecule has 0 radical (unpaired) electrons. The minimum Gasteiger partial charge on any atom is -0.308 e. The van der Waals surface area contributed by atoms with Crippen LogP contribution < -0.4 is 0 Å². The van der Waals surface area contributed by atoms with Gasteiger partial charge in [0.25, 0.3) is 0 Å². The van der Waals surface area contributed by atoms with Gasteiger partial charge in [-0.25, -0.2) is 4.98 Å². The van der Waals surface area contributed by atoms with Crippen LogP contribution in [-0.4, -0.2) is 40.5 Å². The second kappa shape index (κ2) is 6.81. The maximum Gasteiger partial charge on any atom is 0.181 e. The number of fused-ring (bicyclic) bond motifs is 1. The summed E-state index contributed by atoms with van der Waals surface area (Å²) in [5.41, 5.74) is 10.1. The highest BCUT2D eigenvalue weighted by Crippen LogP contribution is 2.25. The summed E-state index contributed by atoms with van der Waals surface area (Å²) in [7, 11) is 2.85. The van der Waals surface area contributed by atoms with Crippen LogP contribution in [0.15, 0.2) is 27.7 Å². The third-order valence-electron chi connectivity index (χ3n) is 2.67. The van der Waals surface area contributed by atoms with Gasteiger partial charge in [0.05, 0.1) is 27.6 Å². The minimum atomic E-state index is -1.06. The predicted molar refractivity (Wildman–Crippen MR) is 82.3 cm³/mol. The fourth-order valence-corrected chi connectivity index (χ4v) is 4.17. The zero-order valence-electron chi connectivity index (χ0n) is 11.3. The topological polar surface area (TPSA) is 82.0 Å². The molecule has 20 heavy (non-hydrogen) atoms. The molecule has 2 rings (SSSR count). The number of nitrogens with zero attached hydrogens (tertiary/aromatic N) is 5. The summed E-state index contributed by atoms with van der Waals surface area (Å²) in [6.45, 7) is 1.09. The summed E-state index contributed by atoms with van der Waals surface area (Å²) in [4.78, 5) is 9.16. The first kappa shape index (κ1) is 14.9. The molecule has 6 nitrogen and oxygen atoms in total. The van der Waals surface area contributed by atoms with Crippen molar-refractivity contribution in [2.45, 2.75) is 10.9 Å². The number of hydrogen-bond acceptors (Lipinski definition) is 5. The minimum absolute atomic E-state index is 0.323. The van der Waals surface area contributed by atoms with Crippen molar-refractivity contribution < 1.29 is 4.21 Å². The monoisotopic (exact) mass is 309 g/mol. The first-order valence-electron chi connectivity index (χ1n) is 6.03. The molecule has 1 aromatic heterocycles. The van der Waals surface area contributed by atoms with Crippen LogP contribution in [0.25, 0.3) is 20.7 Å². The van der Waals surface area contributed by atoms with E-state index in [1.807, 2.05) is 37.2 Å². The third kappa shape index (κ3) is 3.77. The van der Waals surface area contributed by atoms with E-state index in [0.29, 0.717) is 16.6 Å². The van der Waals surface area contributed by atoms with E-state index in [1.54, 1.807) is 0 Å². The second-order valence-electron chi connectivity index (χ2n) is 4.52. The lowest BCUT2D eigenvalue weighted by Gasteiger charge is -2.06. The Kier molecular flexibility index (Phi) is 5.08. The van der Waals surface area contributed by atoms with E-state index in [4.69, 9.17) is 5.53 Å². The fraction of sp³-hybridized carbons (Fsp3) is 0.417. The largest absolute Gasteiger partial charge is 0.308 e. The molecule has 106 valence electrons. The fourth-order valence-electron chi connectivity index (χ4n) is 1.61. The van der Waals surface area contributed by atoms with Gasteiger partial charge in [0.1, 0.15) is 0 Å². The molecule has 0 bridgehead atoms. The van der Waals surface area contributed by atoms with Gasteiger partial charge in [-0.15, -0.1) is 11.3 Å². The van der Waals surface area contributed by atoms with Crippen LogP contribution in [0.2, 0.25) is 0 Å². The number of aromatic nitrogens is 1. The molecule has 8 heteroatoms. The Morgan fingerprint density at radius 3 is 3.00 bits per heavy atom. The maximum absolute atomic E-state index is 12.1. The van der Waals surface area contributed by atoms with Gasteiger partial charge in [-0.2, -0.15) is 0 Å². The predicted octanol–water partition coefficient (Wildman–Crippen LogP) is 2.78. The van der Waals surface area contributed by atoms with Gasteiger partial charge in [-0.3, -0.25) is 4.21 Å². The van der Waals surface area contributed by atoms with Gasteiger partial charge in [0, 0.05) is 17.2 Å². The van der Waals surface area contributed by atoms with E-state index in [2.05, 4.69) is 15.0 Å². The maximum atomic E-state index is 12.1. The molecule has 0 amide bonds. The van der Waals surface area contributed by atoms with Crippen LogP contribution in [0.4, 0.5) is 0 Å². The molecule has 0 aliphatic heterocycles. The Balaban J connectivity index is 2.20. The smallest absolute Gasteiger partial charge is 0.181 e. The highest BCUT2D eigenvalue weighted by molar-refractivity contribution is 7.87. The van der Waals surface area contributed by atoms with E-state index >= 15 is 0 Å². The van der Waals surface area contributed by atoms with Crippen molar-refractivity contribution in [3.8, 4) is 0 Å². The van der Waals surface area contributed by atoms with Gasteiger partial charge in [0.2, 0.25) is 0 Å². The van der Waals surface area contributed by atoms with Crippen LogP contribution in [-0.2, 0) is 17.3 Å². The Morgan fingerprint density at radius 1 is 1.50 bits per heavy atom. The lowest BCUT2D eigenvalue weighted by atomic mass is 10.2. The van der Waals surface area contributed by atoms with Crippen molar-refractivity contribution in [1.82, 2.24) is 9.88 Å². The molecule has 0 N–H and O–H groups in total. The molecule has 0 saturated heterocycles. The second-order valence-corrected chi connectivity index (χ2v) is 7.30. The highest BCUT2D eigenvalue weighted by Gasteiger charge is 2.11. The third-order valence-corrected chi connectivity index (χ3v) is 5.32. The van der Waals surface area contributed by atoms with Gasteiger partial charge in [-0.05, 0) is 37.3 Å². The molecule has 0 fully saturated rings. The molecule has 0 aliphatic carbocycles. The SMILES string of the molecule is CN(C)CCS(=O)c1nc2ccc(CN=[N+]=[N-])cc2s1. The number of benzene rings is 1. The van der Waals surface area contributed by atoms with Crippen molar-refractivity contribution >= 4 is 32.4 Å². The summed E-state index contributed by atoms with van der Waals surface area (Å²) >= 11 is 1.44. The van der Waals surface area contributed by atoms with E-state index in [1.165, 1.54) is 11.3 Å². The van der Waals surface area contributed by atoms with E-state index < -0.39 is 10.8 Å². The van der Waals surface area contributed by atoms with Gasteiger partial charge in [0.15, 0.2) is 4.34 Å². The Morgan fingerprint density at radius 2 is 2.30 bits per heavy atom. The van der Waals surface area contributed by atoms with E-state index in [-0.39, 0.29) is 0 Å². The van der Waals surface area contributed by atoms with Crippen LogP contribution in [0.1, 0.15) is 5.56 Å². The van der Waals surface area contributed by atoms with Crippen molar-refractivity contribution in [3.05, 3.63) is 34.2 Å². The Hall–Kier alpha value is -1.47. The van der Waals surface area contributed by atoms with Crippen LogP contribution in [0.3, 0.4) is 0 Å². The number of azide groups is 1. The summed E-state index contributed by atoms with van der Waals surface area (Å²) in [5, 5.41) is 3.54. The van der Waals surface area contributed by atoms with Crippen LogP contribution in [0.5, 0.6) is 0 Å². The first-order chi connectivity index (χ1) is 9.60. The standard InChI is InChI=1S/C12H15N5OS2/c1-17(2)5-6-20(18)12-15-10-4-3-9(8-14-16-13)7-11(10)19-12/h3-4,7H,5-6,8H2,1-2H3. The Labute approximate surface area is 123 Å². The zero-order valence-corrected chi connectivity index (χ0v) is 12.9. The normalized spacial score (nSPS) is 12.6.